The second-order valence-corrected chi connectivity index (χ2v) is 6.36. The van der Waals surface area contributed by atoms with Crippen LogP contribution in [0.5, 0.6) is 0 Å². The predicted octanol–water partition coefficient (Wildman–Crippen LogP) is 2.26. The average molecular weight is 272 g/mol. The number of hydrogen-bond donors (Lipinski definition) is 1. The molecule has 0 aromatic heterocycles. The van der Waals surface area contributed by atoms with Crippen LogP contribution in [0.4, 0.5) is 11.4 Å². The average Bonchev–Trinajstić information content (AvgIpc) is 2.41. The van der Waals surface area contributed by atoms with Gasteiger partial charge in [-0.05, 0) is 44.5 Å². The number of hydrogen-bond acceptors (Lipinski definition) is 4. The van der Waals surface area contributed by atoms with Gasteiger partial charge in [-0.2, -0.15) is 5.26 Å². The number of anilines is 2. The molecule has 4 heteroatoms. The van der Waals surface area contributed by atoms with Crippen LogP contribution in [0.15, 0.2) is 18.2 Å². The number of piperazine rings is 1. The number of nitrogens with zero attached hydrogens (tertiary/aromatic N) is 3. The van der Waals surface area contributed by atoms with Gasteiger partial charge in [0.05, 0.1) is 12.5 Å². The lowest BCUT2D eigenvalue weighted by atomic mass is 10.0. The molecule has 0 radical (unpaired) electrons. The van der Waals surface area contributed by atoms with Gasteiger partial charge in [-0.1, -0.05) is 0 Å². The molecule has 0 saturated carbocycles. The first-order valence-corrected chi connectivity index (χ1v) is 7.17. The summed E-state index contributed by atoms with van der Waals surface area (Å²) in [5.41, 5.74) is 8.97. The summed E-state index contributed by atoms with van der Waals surface area (Å²) < 4.78 is 0. The summed E-state index contributed by atoms with van der Waals surface area (Å²) in [6.45, 7) is 11.0. The van der Waals surface area contributed by atoms with Crippen LogP contribution in [-0.4, -0.2) is 36.6 Å². The maximum absolute atomic E-state index is 8.84. The van der Waals surface area contributed by atoms with Gasteiger partial charge in [0.15, 0.2) is 0 Å². The molecule has 1 saturated heterocycles. The van der Waals surface area contributed by atoms with Crippen molar-refractivity contribution in [2.75, 3.05) is 36.8 Å². The second kappa shape index (κ2) is 5.72. The summed E-state index contributed by atoms with van der Waals surface area (Å²) in [7, 11) is 0. The number of rotatable bonds is 2. The molecule has 1 aromatic carbocycles. The van der Waals surface area contributed by atoms with Crippen LogP contribution in [0.1, 0.15) is 26.3 Å². The molecule has 0 amide bonds. The Morgan fingerprint density at radius 2 is 1.85 bits per heavy atom. The summed E-state index contributed by atoms with van der Waals surface area (Å²) in [4.78, 5) is 4.89. The minimum atomic E-state index is 0.235. The monoisotopic (exact) mass is 272 g/mol. The third-order valence-corrected chi connectivity index (χ3v) is 3.99. The van der Waals surface area contributed by atoms with Gasteiger partial charge in [0.1, 0.15) is 0 Å². The lowest BCUT2D eigenvalue weighted by molar-refractivity contribution is 0.128. The van der Waals surface area contributed by atoms with Crippen molar-refractivity contribution in [2.45, 2.75) is 32.7 Å². The van der Waals surface area contributed by atoms with E-state index in [1.807, 2.05) is 6.07 Å². The molecule has 0 atom stereocenters. The highest BCUT2D eigenvalue weighted by atomic mass is 15.3. The molecule has 1 aliphatic rings. The zero-order valence-corrected chi connectivity index (χ0v) is 12.7. The third-order valence-electron chi connectivity index (χ3n) is 3.99. The van der Waals surface area contributed by atoms with E-state index < -0.39 is 0 Å². The molecule has 20 heavy (non-hydrogen) atoms. The zero-order chi connectivity index (χ0) is 14.8. The van der Waals surface area contributed by atoms with Crippen LogP contribution >= 0.6 is 0 Å². The first-order valence-electron chi connectivity index (χ1n) is 7.17. The highest BCUT2D eigenvalue weighted by Crippen LogP contribution is 2.24. The lowest BCUT2D eigenvalue weighted by Crippen LogP contribution is -2.53. The SMILES string of the molecule is CC(C)(C)N1CCN(c2ccc(N)c(CC#N)c2)CC1. The van der Waals surface area contributed by atoms with Gasteiger partial charge in [0, 0.05) is 43.1 Å². The highest BCUT2D eigenvalue weighted by molar-refractivity contribution is 5.59. The molecular formula is C16H24N4. The molecule has 108 valence electrons. The van der Waals surface area contributed by atoms with Crippen LogP contribution in [0, 0.1) is 11.3 Å². The molecule has 0 bridgehead atoms. The molecule has 0 spiro atoms. The molecule has 2 rings (SSSR count). The van der Waals surface area contributed by atoms with Crippen molar-refractivity contribution in [3.63, 3.8) is 0 Å². The Labute approximate surface area is 121 Å². The van der Waals surface area contributed by atoms with Crippen molar-refractivity contribution >= 4 is 11.4 Å². The minimum absolute atomic E-state index is 0.235. The molecular weight excluding hydrogens is 248 g/mol. The van der Waals surface area contributed by atoms with Crippen molar-refractivity contribution in [1.82, 2.24) is 4.90 Å². The zero-order valence-electron chi connectivity index (χ0n) is 12.7. The number of nitrogens with two attached hydrogens (primary N) is 1. The van der Waals surface area contributed by atoms with Gasteiger partial charge < -0.3 is 10.6 Å². The summed E-state index contributed by atoms with van der Waals surface area (Å²) in [5.74, 6) is 0. The highest BCUT2D eigenvalue weighted by Gasteiger charge is 2.25. The van der Waals surface area contributed by atoms with Gasteiger partial charge in [0.25, 0.3) is 0 Å². The fraction of sp³-hybridized carbons (Fsp3) is 0.562. The summed E-state index contributed by atoms with van der Waals surface area (Å²) in [6.07, 6.45) is 0.377. The summed E-state index contributed by atoms with van der Waals surface area (Å²) in [5, 5.41) is 8.84. The first-order chi connectivity index (χ1) is 9.41. The molecule has 2 N–H and O–H groups in total. The minimum Gasteiger partial charge on any atom is -0.398 e. The van der Waals surface area contributed by atoms with Crippen molar-refractivity contribution in [1.29, 1.82) is 5.26 Å². The Hall–Kier alpha value is -1.73. The maximum Gasteiger partial charge on any atom is 0.0670 e. The number of nitrogen functional groups attached to an aromatic ring is 1. The van der Waals surface area contributed by atoms with Gasteiger partial charge in [-0.3, -0.25) is 4.90 Å². The van der Waals surface area contributed by atoms with Crippen LogP contribution in [-0.2, 0) is 6.42 Å². The standard InChI is InChI=1S/C16H24N4/c1-16(2,3)20-10-8-19(9-11-20)14-4-5-15(18)13(12-14)6-7-17/h4-5,12H,6,8-11,18H2,1-3H3. The van der Waals surface area contributed by atoms with Gasteiger partial charge >= 0.3 is 0 Å². The van der Waals surface area contributed by atoms with Crippen molar-refractivity contribution in [3.05, 3.63) is 23.8 Å². The van der Waals surface area contributed by atoms with E-state index in [2.05, 4.69) is 48.8 Å². The molecule has 1 heterocycles. The lowest BCUT2D eigenvalue weighted by Gasteiger charge is -2.43. The molecule has 1 aromatic rings. The third kappa shape index (κ3) is 3.23. The molecule has 1 aliphatic heterocycles. The van der Waals surface area contributed by atoms with Crippen molar-refractivity contribution < 1.29 is 0 Å². The molecule has 4 nitrogen and oxygen atoms in total. The van der Waals surface area contributed by atoms with Crippen LogP contribution in [0.2, 0.25) is 0 Å². The Bertz CT molecular complexity index is 502. The Morgan fingerprint density at radius 1 is 1.20 bits per heavy atom. The van der Waals surface area contributed by atoms with Gasteiger partial charge in [0.2, 0.25) is 0 Å². The first kappa shape index (κ1) is 14.7. The van der Waals surface area contributed by atoms with Crippen LogP contribution in [0.3, 0.4) is 0 Å². The fourth-order valence-corrected chi connectivity index (χ4v) is 2.66. The van der Waals surface area contributed by atoms with E-state index in [1.165, 1.54) is 5.69 Å². The second-order valence-electron chi connectivity index (χ2n) is 6.36. The van der Waals surface area contributed by atoms with E-state index in [-0.39, 0.29) is 5.54 Å². The molecule has 0 aliphatic carbocycles. The Kier molecular flexibility index (Phi) is 4.20. The molecule has 0 unspecified atom stereocenters. The van der Waals surface area contributed by atoms with E-state index in [1.54, 1.807) is 0 Å². The van der Waals surface area contributed by atoms with Gasteiger partial charge in [-0.15, -0.1) is 0 Å². The maximum atomic E-state index is 8.84. The van der Waals surface area contributed by atoms with E-state index in [0.29, 0.717) is 12.1 Å². The van der Waals surface area contributed by atoms with Crippen molar-refractivity contribution in [2.24, 2.45) is 0 Å². The summed E-state index contributed by atoms with van der Waals surface area (Å²) in [6, 6.07) is 8.21. The van der Waals surface area contributed by atoms with E-state index in [9.17, 15) is 0 Å². The quantitative estimate of drug-likeness (QED) is 0.839. The van der Waals surface area contributed by atoms with E-state index in [0.717, 1.165) is 31.7 Å². The van der Waals surface area contributed by atoms with Crippen LogP contribution < -0.4 is 10.6 Å². The van der Waals surface area contributed by atoms with E-state index >= 15 is 0 Å². The van der Waals surface area contributed by atoms with Gasteiger partial charge in [-0.25, -0.2) is 0 Å². The largest absolute Gasteiger partial charge is 0.398 e. The number of benzene rings is 1. The Balaban J connectivity index is 2.08. The van der Waals surface area contributed by atoms with Crippen molar-refractivity contribution in [3.8, 4) is 6.07 Å². The fourth-order valence-electron chi connectivity index (χ4n) is 2.66. The predicted molar refractivity (Wildman–Crippen MR) is 83.7 cm³/mol. The Morgan fingerprint density at radius 3 is 2.40 bits per heavy atom. The smallest absolute Gasteiger partial charge is 0.0670 e. The van der Waals surface area contributed by atoms with E-state index in [4.69, 9.17) is 11.0 Å². The summed E-state index contributed by atoms with van der Waals surface area (Å²) >= 11 is 0. The number of nitriles is 1. The normalized spacial score (nSPS) is 17.0. The topological polar surface area (TPSA) is 56.3 Å². The molecule has 1 fully saturated rings. The van der Waals surface area contributed by atoms with Crippen LogP contribution in [0.25, 0.3) is 0 Å².